The second kappa shape index (κ2) is 3.30. The number of hydrogen-bond acceptors (Lipinski definition) is 0. The number of rotatable bonds is 1. The Kier molecular flexibility index (Phi) is 2.07. The second-order valence-electron chi connectivity index (χ2n) is 7.00. The molecule has 0 spiro atoms. The Bertz CT molecular complexity index is 353. The maximum absolute atomic E-state index is 2.47. The Morgan fingerprint density at radius 3 is 2.00 bits per heavy atom. The van der Waals surface area contributed by atoms with Crippen LogP contribution in [0, 0.1) is 23.2 Å². The van der Waals surface area contributed by atoms with Crippen molar-refractivity contribution >= 4 is 17.7 Å². The van der Waals surface area contributed by atoms with Gasteiger partial charge in [0.15, 0.2) is 0 Å². The summed E-state index contributed by atoms with van der Waals surface area (Å²) in [5.74, 6) is 3.25. The van der Waals surface area contributed by atoms with Gasteiger partial charge in [-0.1, -0.05) is 0 Å². The number of hydrogen-bond donors (Lipinski definition) is 0. The van der Waals surface area contributed by atoms with Gasteiger partial charge < -0.3 is 0 Å². The predicted octanol–water partition coefficient (Wildman–Crippen LogP) is 3.59. The molecule has 5 rings (SSSR count). The fourth-order valence-corrected chi connectivity index (χ4v) is 5.68. The zero-order valence-electron chi connectivity index (χ0n) is 10.3. The fraction of sp³-hybridized carbons (Fsp3) is 0.733. The molecule has 0 saturated heterocycles. The van der Waals surface area contributed by atoms with Crippen molar-refractivity contribution in [2.45, 2.75) is 44.9 Å². The molecule has 4 bridgehead atoms. The molecule has 4 fully saturated rings. The summed E-state index contributed by atoms with van der Waals surface area (Å²) in [6, 6.07) is 0. The summed E-state index contributed by atoms with van der Waals surface area (Å²) in [6.45, 7) is 0. The minimum atomic E-state index is 0.645. The van der Waals surface area contributed by atoms with E-state index in [1.165, 1.54) is 25.7 Å². The molecular weight excluding hydrogens is 187 g/mol. The molecule has 0 aromatic heterocycles. The van der Waals surface area contributed by atoms with Crippen molar-refractivity contribution in [1.82, 2.24) is 0 Å². The first-order valence-corrected chi connectivity index (χ1v) is 7.12. The second-order valence-corrected chi connectivity index (χ2v) is 7.00. The molecule has 0 heterocycles. The summed E-state index contributed by atoms with van der Waals surface area (Å²) in [7, 11) is 0. The predicted molar refractivity (Wildman–Crippen MR) is 67.1 cm³/mol. The Hall–Kier alpha value is 0.0774. The minimum absolute atomic E-state index is 0.645. The molecule has 0 unspecified atom stereocenters. The van der Waals surface area contributed by atoms with Gasteiger partial charge in [0.2, 0.25) is 0 Å². The molecule has 0 amide bonds. The third-order valence-corrected chi connectivity index (χ3v) is 5.78. The van der Waals surface area contributed by atoms with Gasteiger partial charge in [0, 0.05) is 0 Å². The van der Waals surface area contributed by atoms with Crippen LogP contribution in [-0.2, 0) is 0 Å². The zero-order chi connectivity index (χ0) is 10.8. The molecule has 4 saturated carbocycles. The third kappa shape index (κ3) is 1.30. The van der Waals surface area contributed by atoms with Crippen LogP contribution in [0.2, 0.25) is 0 Å². The maximum atomic E-state index is 2.47. The first-order valence-electron chi connectivity index (χ1n) is 7.12. The molecule has 0 N–H and O–H groups in total. The first kappa shape index (κ1) is 10.0. The van der Waals surface area contributed by atoms with Crippen molar-refractivity contribution in [2.75, 3.05) is 0 Å². The Morgan fingerprint density at radius 2 is 1.56 bits per heavy atom. The fourth-order valence-electron chi connectivity index (χ4n) is 5.68. The molecule has 0 aromatic rings. The molecule has 0 atom stereocenters. The van der Waals surface area contributed by atoms with E-state index in [2.05, 4.69) is 29.9 Å². The van der Waals surface area contributed by atoms with Gasteiger partial charge in [-0.3, -0.25) is 0 Å². The van der Waals surface area contributed by atoms with Crippen LogP contribution in [-0.4, -0.2) is 17.7 Å². The van der Waals surface area contributed by atoms with Gasteiger partial charge in [-0.25, -0.2) is 0 Å². The summed E-state index contributed by atoms with van der Waals surface area (Å²) in [4.78, 5) is 0. The molecule has 0 radical (unpaired) electrons. The zero-order valence-corrected chi connectivity index (χ0v) is 10.3. The van der Waals surface area contributed by atoms with E-state index in [4.69, 9.17) is 0 Å². The Balaban J connectivity index is 1.77. The van der Waals surface area contributed by atoms with Crippen LogP contribution in [0.1, 0.15) is 44.9 Å². The van der Waals surface area contributed by atoms with Crippen LogP contribution in [0.3, 0.4) is 0 Å². The van der Waals surface area contributed by atoms with Crippen LogP contribution < -0.4 is 0 Å². The molecule has 0 aliphatic heterocycles. The molecule has 0 nitrogen and oxygen atoms in total. The van der Waals surface area contributed by atoms with Crippen LogP contribution in [0.5, 0.6) is 0 Å². The average Bonchev–Trinajstić information content (AvgIpc) is 2.62. The van der Waals surface area contributed by atoms with Crippen LogP contribution in [0.15, 0.2) is 22.0 Å². The van der Waals surface area contributed by atoms with Crippen molar-refractivity contribution in [3.8, 4) is 0 Å². The van der Waals surface area contributed by atoms with Gasteiger partial charge in [-0.05, 0) is 0 Å². The normalized spacial score (nSPS) is 49.5. The van der Waals surface area contributed by atoms with Crippen LogP contribution in [0.4, 0.5) is 0 Å². The van der Waals surface area contributed by atoms with E-state index in [0.29, 0.717) is 5.41 Å². The SMILES string of the molecule is [Li][C]1=C(C23CC4CC(CC(C4)C2)C3)C=CC1. The molecule has 5 aliphatic carbocycles. The molecule has 5 aliphatic rings. The number of allylic oxidation sites excluding steroid dienone is 4. The molecule has 0 aromatic carbocycles. The van der Waals surface area contributed by atoms with Crippen molar-refractivity contribution in [3.63, 3.8) is 0 Å². The van der Waals surface area contributed by atoms with E-state index in [0.717, 1.165) is 17.8 Å². The summed E-state index contributed by atoms with van der Waals surface area (Å²) < 4.78 is 1.68. The summed E-state index contributed by atoms with van der Waals surface area (Å²) in [6.07, 6.45) is 15.4. The van der Waals surface area contributed by atoms with Crippen molar-refractivity contribution < 1.29 is 0 Å². The standard InChI is InChI=1S/C15H19.Li/c1-2-4-14(3-1)15-8-11-5-12(9-15)7-13(6-11)10-15;/h1,3,11-13H,2,5-10H2;. The monoisotopic (exact) mass is 206 g/mol. The van der Waals surface area contributed by atoms with Gasteiger partial charge in [0.25, 0.3) is 0 Å². The van der Waals surface area contributed by atoms with Crippen LogP contribution >= 0.6 is 0 Å². The molecular formula is C15H19Li. The topological polar surface area (TPSA) is 0 Å². The summed E-state index contributed by atoms with van der Waals surface area (Å²) in [5, 5.41) is 0. The third-order valence-electron chi connectivity index (χ3n) is 5.78. The van der Waals surface area contributed by atoms with E-state index in [1.807, 2.05) is 0 Å². The van der Waals surface area contributed by atoms with Crippen LogP contribution in [0.25, 0.3) is 0 Å². The van der Waals surface area contributed by atoms with E-state index in [-0.39, 0.29) is 0 Å². The van der Waals surface area contributed by atoms with E-state index in [9.17, 15) is 0 Å². The summed E-state index contributed by atoms with van der Waals surface area (Å²) >= 11 is 2.37. The van der Waals surface area contributed by atoms with Gasteiger partial charge in [0.05, 0.1) is 0 Å². The van der Waals surface area contributed by atoms with Gasteiger partial charge in [-0.2, -0.15) is 0 Å². The van der Waals surface area contributed by atoms with E-state index >= 15 is 0 Å². The van der Waals surface area contributed by atoms with Crippen molar-refractivity contribution in [2.24, 2.45) is 23.2 Å². The van der Waals surface area contributed by atoms with Gasteiger partial charge in [0.1, 0.15) is 0 Å². The van der Waals surface area contributed by atoms with Crippen molar-refractivity contribution in [1.29, 1.82) is 0 Å². The first-order chi connectivity index (χ1) is 7.75. The van der Waals surface area contributed by atoms with Gasteiger partial charge >= 0.3 is 108 Å². The Morgan fingerprint density at radius 1 is 1.00 bits per heavy atom. The van der Waals surface area contributed by atoms with E-state index in [1.54, 1.807) is 29.1 Å². The molecule has 80 valence electrons. The van der Waals surface area contributed by atoms with Crippen molar-refractivity contribution in [3.05, 3.63) is 22.0 Å². The van der Waals surface area contributed by atoms with Gasteiger partial charge in [-0.15, -0.1) is 0 Å². The summed E-state index contributed by atoms with van der Waals surface area (Å²) in [5.41, 5.74) is 2.41. The molecule has 1 heteroatoms. The quantitative estimate of drug-likeness (QED) is 0.575. The Labute approximate surface area is 108 Å². The van der Waals surface area contributed by atoms with E-state index < -0.39 is 0 Å². The average molecular weight is 206 g/mol. The molecule has 16 heavy (non-hydrogen) atoms.